The summed E-state index contributed by atoms with van der Waals surface area (Å²) in [6, 6.07) is 13.1. The Labute approximate surface area is 163 Å². The third-order valence-corrected chi connectivity index (χ3v) is 4.83. The summed E-state index contributed by atoms with van der Waals surface area (Å²) in [5.74, 6) is 2.00. The molecule has 0 bridgehead atoms. The van der Waals surface area contributed by atoms with E-state index in [0.29, 0.717) is 29.8 Å². The second-order valence-electron chi connectivity index (χ2n) is 6.70. The smallest absolute Gasteiger partial charge is 0.203 e. The van der Waals surface area contributed by atoms with Crippen molar-refractivity contribution in [2.75, 3.05) is 42.0 Å². The Kier molecular flexibility index (Phi) is 7.95. The Hall–Kier alpha value is -2.24. The first-order valence-electron chi connectivity index (χ1n) is 9.29. The second kappa shape index (κ2) is 10.2. The maximum Gasteiger partial charge on any atom is 0.203 e. The van der Waals surface area contributed by atoms with Crippen molar-refractivity contribution in [1.29, 1.82) is 0 Å². The highest BCUT2D eigenvalue weighted by Gasteiger charge is 2.17. The first-order valence-corrected chi connectivity index (χ1v) is 9.29. The van der Waals surface area contributed by atoms with E-state index in [9.17, 15) is 0 Å². The van der Waals surface area contributed by atoms with E-state index in [2.05, 4.69) is 55.5 Å². The molecule has 0 aromatic heterocycles. The van der Waals surface area contributed by atoms with Gasteiger partial charge in [-0.3, -0.25) is 0 Å². The monoisotopic (exact) mass is 372 g/mol. The fourth-order valence-corrected chi connectivity index (χ4v) is 3.22. The van der Waals surface area contributed by atoms with Crippen LogP contribution in [0.25, 0.3) is 0 Å². The molecule has 27 heavy (non-hydrogen) atoms. The number of rotatable bonds is 10. The Bertz CT molecular complexity index is 714. The average molecular weight is 373 g/mol. The van der Waals surface area contributed by atoms with E-state index in [4.69, 9.17) is 14.2 Å². The normalized spacial score (nSPS) is 12.1. The van der Waals surface area contributed by atoms with Crippen LogP contribution in [-0.2, 0) is 13.0 Å². The number of ether oxygens (including phenoxy) is 3. The second-order valence-corrected chi connectivity index (χ2v) is 6.70. The summed E-state index contributed by atoms with van der Waals surface area (Å²) in [5, 5.41) is 3.56. The molecule has 148 valence electrons. The van der Waals surface area contributed by atoms with Gasteiger partial charge in [0, 0.05) is 24.7 Å². The zero-order chi connectivity index (χ0) is 19.8. The standard InChI is InChI=1S/C22H32N2O3/c1-7-16-8-10-17(11-9-16)19(24(2)3)15-23-14-18-12-13-20(25-4)22(27-6)21(18)26-5/h8-13,19,23H,7,14-15H2,1-6H3. The van der Waals surface area contributed by atoms with Gasteiger partial charge in [0.1, 0.15) is 0 Å². The number of nitrogens with one attached hydrogen (secondary N) is 1. The SMILES string of the molecule is CCc1ccc(C(CNCc2ccc(OC)c(OC)c2OC)N(C)C)cc1. The first-order chi connectivity index (χ1) is 13.0. The zero-order valence-corrected chi connectivity index (χ0v) is 17.3. The third kappa shape index (κ3) is 5.15. The van der Waals surface area contributed by atoms with Gasteiger partial charge in [0.05, 0.1) is 21.3 Å². The molecular formula is C22H32N2O3. The van der Waals surface area contributed by atoms with E-state index in [1.54, 1.807) is 21.3 Å². The van der Waals surface area contributed by atoms with Crippen molar-refractivity contribution >= 4 is 0 Å². The molecule has 0 amide bonds. The van der Waals surface area contributed by atoms with Gasteiger partial charge >= 0.3 is 0 Å². The molecule has 5 nitrogen and oxygen atoms in total. The molecule has 1 atom stereocenters. The molecule has 0 radical (unpaired) electrons. The number of aryl methyl sites for hydroxylation is 1. The molecule has 0 spiro atoms. The topological polar surface area (TPSA) is 43.0 Å². The summed E-state index contributed by atoms with van der Waals surface area (Å²) in [6.45, 7) is 3.69. The Morgan fingerprint density at radius 3 is 2.07 bits per heavy atom. The number of methoxy groups -OCH3 is 3. The summed E-state index contributed by atoms with van der Waals surface area (Å²) in [7, 11) is 9.12. The van der Waals surface area contributed by atoms with Gasteiger partial charge in [-0.2, -0.15) is 0 Å². The fourth-order valence-electron chi connectivity index (χ4n) is 3.22. The first kappa shape index (κ1) is 21.1. The Morgan fingerprint density at radius 1 is 0.889 bits per heavy atom. The average Bonchev–Trinajstić information content (AvgIpc) is 2.70. The lowest BCUT2D eigenvalue weighted by Gasteiger charge is -2.26. The van der Waals surface area contributed by atoms with Crippen LogP contribution in [0.3, 0.4) is 0 Å². The van der Waals surface area contributed by atoms with Gasteiger partial charge in [0.15, 0.2) is 11.5 Å². The largest absolute Gasteiger partial charge is 0.493 e. The van der Waals surface area contributed by atoms with E-state index in [-0.39, 0.29) is 0 Å². The molecule has 2 aromatic rings. The molecule has 1 unspecified atom stereocenters. The van der Waals surface area contributed by atoms with E-state index in [1.165, 1.54) is 11.1 Å². The molecule has 0 aliphatic heterocycles. The third-order valence-electron chi connectivity index (χ3n) is 4.83. The quantitative estimate of drug-likeness (QED) is 0.689. The number of hydrogen-bond donors (Lipinski definition) is 1. The molecule has 0 saturated heterocycles. The Morgan fingerprint density at radius 2 is 1.56 bits per heavy atom. The fraction of sp³-hybridized carbons (Fsp3) is 0.455. The molecule has 0 aliphatic carbocycles. The van der Waals surface area contributed by atoms with Crippen LogP contribution in [0.15, 0.2) is 36.4 Å². The predicted molar refractivity (Wildman–Crippen MR) is 110 cm³/mol. The maximum atomic E-state index is 5.57. The molecule has 0 saturated carbocycles. The summed E-state index contributed by atoms with van der Waals surface area (Å²) in [4.78, 5) is 2.24. The number of hydrogen-bond acceptors (Lipinski definition) is 5. The minimum absolute atomic E-state index is 0.294. The van der Waals surface area contributed by atoms with Gasteiger partial charge < -0.3 is 24.4 Å². The predicted octanol–water partition coefficient (Wildman–Crippen LogP) is 3.67. The van der Waals surface area contributed by atoms with Crippen LogP contribution in [0, 0.1) is 0 Å². The molecule has 1 N–H and O–H groups in total. The lowest BCUT2D eigenvalue weighted by atomic mass is 10.0. The Balaban J connectivity index is 2.10. The van der Waals surface area contributed by atoms with Crippen LogP contribution in [0.4, 0.5) is 0 Å². The molecule has 0 heterocycles. The minimum atomic E-state index is 0.294. The van der Waals surface area contributed by atoms with Gasteiger partial charge in [-0.05, 0) is 37.7 Å². The van der Waals surface area contributed by atoms with Gasteiger partial charge in [-0.25, -0.2) is 0 Å². The van der Waals surface area contributed by atoms with Crippen LogP contribution in [0.5, 0.6) is 17.2 Å². The van der Waals surface area contributed by atoms with E-state index in [0.717, 1.165) is 18.5 Å². The van der Waals surface area contributed by atoms with Crippen molar-refractivity contribution in [2.45, 2.75) is 25.9 Å². The van der Waals surface area contributed by atoms with Crippen LogP contribution in [-0.4, -0.2) is 46.9 Å². The van der Waals surface area contributed by atoms with Crippen molar-refractivity contribution in [3.8, 4) is 17.2 Å². The van der Waals surface area contributed by atoms with Crippen molar-refractivity contribution in [2.24, 2.45) is 0 Å². The molecule has 5 heteroatoms. The highest BCUT2D eigenvalue weighted by molar-refractivity contribution is 5.55. The summed E-state index contributed by atoms with van der Waals surface area (Å²) in [5.41, 5.74) is 3.71. The highest BCUT2D eigenvalue weighted by Crippen LogP contribution is 2.39. The number of nitrogens with zero attached hydrogens (tertiary/aromatic N) is 1. The maximum absolute atomic E-state index is 5.57. The van der Waals surface area contributed by atoms with Crippen LogP contribution < -0.4 is 19.5 Å². The van der Waals surface area contributed by atoms with Crippen molar-refractivity contribution < 1.29 is 14.2 Å². The van der Waals surface area contributed by atoms with Crippen molar-refractivity contribution in [3.05, 3.63) is 53.1 Å². The molecule has 2 aromatic carbocycles. The summed E-state index contributed by atoms with van der Waals surface area (Å²) < 4.78 is 16.4. The molecule has 0 fully saturated rings. The van der Waals surface area contributed by atoms with Gasteiger partial charge in [-0.15, -0.1) is 0 Å². The number of likely N-dealkylation sites (N-methyl/N-ethyl adjacent to an activating group) is 1. The van der Waals surface area contributed by atoms with Gasteiger partial charge in [0.25, 0.3) is 0 Å². The van der Waals surface area contributed by atoms with E-state index < -0.39 is 0 Å². The van der Waals surface area contributed by atoms with Crippen molar-refractivity contribution in [3.63, 3.8) is 0 Å². The van der Waals surface area contributed by atoms with Crippen LogP contribution in [0.1, 0.15) is 29.7 Å². The summed E-state index contributed by atoms with van der Waals surface area (Å²) in [6.07, 6.45) is 1.06. The number of benzene rings is 2. The van der Waals surface area contributed by atoms with Crippen LogP contribution >= 0.6 is 0 Å². The summed E-state index contributed by atoms with van der Waals surface area (Å²) >= 11 is 0. The van der Waals surface area contributed by atoms with E-state index >= 15 is 0 Å². The van der Waals surface area contributed by atoms with Crippen molar-refractivity contribution in [1.82, 2.24) is 10.2 Å². The highest BCUT2D eigenvalue weighted by atomic mass is 16.5. The zero-order valence-electron chi connectivity index (χ0n) is 17.3. The molecular weight excluding hydrogens is 340 g/mol. The lowest BCUT2D eigenvalue weighted by Crippen LogP contribution is -2.31. The van der Waals surface area contributed by atoms with Gasteiger partial charge in [-0.1, -0.05) is 37.3 Å². The van der Waals surface area contributed by atoms with Gasteiger partial charge in [0.2, 0.25) is 5.75 Å². The lowest BCUT2D eigenvalue weighted by molar-refractivity contribution is 0.287. The molecule has 2 rings (SSSR count). The molecule has 0 aliphatic rings. The van der Waals surface area contributed by atoms with Crippen LogP contribution in [0.2, 0.25) is 0 Å². The minimum Gasteiger partial charge on any atom is -0.493 e. The van der Waals surface area contributed by atoms with E-state index in [1.807, 2.05) is 12.1 Å².